The average Bonchev–Trinajstić information content (AvgIpc) is 2.16. The van der Waals surface area contributed by atoms with E-state index in [9.17, 15) is 18.3 Å². The summed E-state index contributed by atoms with van der Waals surface area (Å²) >= 11 is 0. The predicted octanol–water partition coefficient (Wildman–Crippen LogP) is 3.62. The Labute approximate surface area is 92.9 Å². The molecule has 0 fully saturated rings. The van der Waals surface area contributed by atoms with Crippen LogP contribution < -0.4 is 0 Å². The van der Waals surface area contributed by atoms with Crippen LogP contribution in [0.5, 0.6) is 0 Å². The normalized spacial score (nSPS) is 13.8. The number of hydrogen-bond donors (Lipinski definition) is 1. The van der Waals surface area contributed by atoms with Gasteiger partial charge in [0.15, 0.2) is 0 Å². The van der Waals surface area contributed by atoms with Gasteiger partial charge in [0.05, 0.1) is 12.5 Å². The summed E-state index contributed by atoms with van der Waals surface area (Å²) in [6.45, 7) is 1.95. The second-order valence-electron chi connectivity index (χ2n) is 3.78. The number of alkyl halides is 3. The summed E-state index contributed by atoms with van der Waals surface area (Å²) in [5, 5.41) is 9.54. The van der Waals surface area contributed by atoms with Crippen molar-refractivity contribution in [2.24, 2.45) is 0 Å². The molecular weight excluding hydrogens is 217 g/mol. The third kappa shape index (κ3) is 3.85. The predicted molar refractivity (Wildman–Crippen MR) is 56.1 cm³/mol. The van der Waals surface area contributed by atoms with Crippen LogP contribution in [0, 0.1) is 0 Å². The molecule has 1 rings (SSSR count). The largest absolute Gasteiger partial charge is 0.391 e. The van der Waals surface area contributed by atoms with Crippen LogP contribution in [-0.2, 0) is 6.42 Å². The molecule has 0 bridgehead atoms. The minimum Gasteiger partial charge on any atom is -0.388 e. The van der Waals surface area contributed by atoms with Crippen LogP contribution in [0.1, 0.15) is 37.0 Å². The molecule has 0 aliphatic carbocycles. The number of rotatable bonds is 4. The molecule has 90 valence electrons. The zero-order chi connectivity index (χ0) is 12.2. The quantitative estimate of drug-likeness (QED) is 0.840. The van der Waals surface area contributed by atoms with Crippen molar-refractivity contribution in [3.63, 3.8) is 0 Å². The first-order valence-electron chi connectivity index (χ1n) is 5.26. The van der Waals surface area contributed by atoms with E-state index in [4.69, 9.17) is 0 Å². The first kappa shape index (κ1) is 13.0. The molecule has 0 heterocycles. The van der Waals surface area contributed by atoms with Crippen LogP contribution in [0.15, 0.2) is 24.3 Å². The Hall–Kier alpha value is -1.03. The van der Waals surface area contributed by atoms with Gasteiger partial charge in [0.2, 0.25) is 0 Å². The van der Waals surface area contributed by atoms with Crippen LogP contribution >= 0.6 is 0 Å². The molecule has 4 heteroatoms. The first-order chi connectivity index (χ1) is 7.44. The van der Waals surface area contributed by atoms with E-state index in [1.165, 1.54) is 0 Å². The SMILES string of the molecule is CCCc1ccccc1C(O)CC(F)(F)F. The lowest BCUT2D eigenvalue weighted by atomic mass is 9.97. The zero-order valence-electron chi connectivity index (χ0n) is 9.09. The van der Waals surface area contributed by atoms with Crippen molar-refractivity contribution in [1.29, 1.82) is 0 Å². The maximum absolute atomic E-state index is 12.1. The highest BCUT2D eigenvalue weighted by molar-refractivity contribution is 5.29. The fourth-order valence-corrected chi connectivity index (χ4v) is 1.69. The van der Waals surface area contributed by atoms with Gasteiger partial charge in [0, 0.05) is 0 Å². The van der Waals surface area contributed by atoms with Gasteiger partial charge in [-0.1, -0.05) is 37.6 Å². The molecule has 0 aliphatic rings. The van der Waals surface area contributed by atoms with E-state index < -0.39 is 18.7 Å². The molecule has 16 heavy (non-hydrogen) atoms. The maximum atomic E-state index is 12.1. The minimum atomic E-state index is -4.33. The summed E-state index contributed by atoms with van der Waals surface area (Å²) < 4.78 is 36.4. The van der Waals surface area contributed by atoms with E-state index in [2.05, 4.69) is 0 Å². The Kier molecular flexibility index (Phi) is 4.35. The number of aliphatic hydroxyl groups excluding tert-OH is 1. The minimum absolute atomic E-state index is 0.390. The lowest BCUT2D eigenvalue weighted by Gasteiger charge is -2.16. The van der Waals surface area contributed by atoms with Gasteiger partial charge in [0.25, 0.3) is 0 Å². The Bertz CT molecular complexity index is 333. The molecule has 0 radical (unpaired) electrons. The van der Waals surface area contributed by atoms with E-state index >= 15 is 0 Å². The molecule has 0 aliphatic heterocycles. The fourth-order valence-electron chi connectivity index (χ4n) is 1.69. The summed E-state index contributed by atoms with van der Waals surface area (Å²) in [4.78, 5) is 0. The van der Waals surface area contributed by atoms with E-state index in [1.807, 2.05) is 6.92 Å². The smallest absolute Gasteiger partial charge is 0.388 e. The van der Waals surface area contributed by atoms with Crippen LogP contribution in [0.25, 0.3) is 0 Å². The topological polar surface area (TPSA) is 20.2 Å². The third-order valence-electron chi connectivity index (χ3n) is 2.36. The highest BCUT2D eigenvalue weighted by Crippen LogP contribution is 2.31. The number of hydrogen-bond acceptors (Lipinski definition) is 1. The molecule has 1 aromatic carbocycles. The maximum Gasteiger partial charge on any atom is 0.391 e. The number of halogens is 3. The molecule has 1 unspecified atom stereocenters. The van der Waals surface area contributed by atoms with E-state index in [-0.39, 0.29) is 0 Å². The molecule has 0 saturated heterocycles. The van der Waals surface area contributed by atoms with Crippen LogP contribution in [0.4, 0.5) is 13.2 Å². The second-order valence-corrected chi connectivity index (χ2v) is 3.78. The molecule has 0 amide bonds. The van der Waals surface area contributed by atoms with Crippen molar-refractivity contribution < 1.29 is 18.3 Å². The van der Waals surface area contributed by atoms with Gasteiger partial charge in [-0.05, 0) is 17.5 Å². The molecule has 1 nitrogen and oxygen atoms in total. The zero-order valence-corrected chi connectivity index (χ0v) is 9.09. The standard InChI is InChI=1S/C12H15F3O/c1-2-5-9-6-3-4-7-10(9)11(16)8-12(13,14)15/h3-4,6-7,11,16H,2,5,8H2,1H3. The Morgan fingerprint density at radius 2 is 1.88 bits per heavy atom. The van der Waals surface area contributed by atoms with Gasteiger partial charge in [-0.15, -0.1) is 0 Å². The van der Waals surface area contributed by atoms with Crippen molar-refractivity contribution >= 4 is 0 Å². The summed E-state index contributed by atoms with van der Waals surface area (Å²) in [5.74, 6) is 0. The Morgan fingerprint density at radius 3 is 2.44 bits per heavy atom. The van der Waals surface area contributed by atoms with Gasteiger partial charge in [-0.25, -0.2) is 0 Å². The van der Waals surface area contributed by atoms with Gasteiger partial charge in [-0.3, -0.25) is 0 Å². The summed E-state index contributed by atoms with van der Waals surface area (Å²) in [7, 11) is 0. The van der Waals surface area contributed by atoms with Crippen molar-refractivity contribution in [2.45, 2.75) is 38.5 Å². The summed E-state index contributed by atoms with van der Waals surface area (Å²) in [6, 6.07) is 6.74. The number of aryl methyl sites for hydroxylation is 1. The van der Waals surface area contributed by atoms with E-state index in [0.29, 0.717) is 12.0 Å². The molecular formula is C12H15F3O. The summed E-state index contributed by atoms with van der Waals surface area (Å²) in [6.07, 6.45) is -5.45. The van der Waals surface area contributed by atoms with Crippen molar-refractivity contribution in [2.75, 3.05) is 0 Å². The number of aliphatic hydroxyl groups is 1. The van der Waals surface area contributed by atoms with Crippen LogP contribution in [0.3, 0.4) is 0 Å². The molecule has 1 aromatic rings. The monoisotopic (exact) mass is 232 g/mol. The van der Waals surface area contributed by atoms with Crippen LogP contribution in [-0.4, -0.2) is 11.3 Å². The number of benzene rings is 1. The average molecular weight is 232 g/mol. The second kappa shape index (κ2) is 5.34. The van der Waals surface area contributed by atoms with Gasteiger partial charge in [-0.2, -0.15) is 13.2 Å². The molecule has 1 N–H and O–H groups in total. The highest BCUT2D eigenvalue weighted by atomic mass is 19.4. The van der Waals surface area contributed by atoms with E-state index in [1.54, 1.807) is 24.3 Å². The Balaban J connectivity index is 2.85. The highest BCUT2D eigenvalue weighted by Gasteiger charge is 2.32. The lowest BCUT2D eigenvalue weighted by Crippen LogP contribution is -2.14. The lowest BCUT2D eigenvalue weighted by molar-refractivity contribution is -0.154. The first-order valence-corrected chi connectivity index (χ1v) is 5.26. The van der Waals surface area contributed by atoms with Gasteiger partial charge < -0.3 is 5.11 Å². The van der Waals surface area contributed by atoms with E-state index in [0.717, 1.165) is 12.0 Å². The van der Waals surface area contributed by atoms with Crippen LogP contribution in [0.2, 0.25) is 0 Å². The summed E-state index contributed by atoms with van der Waals surface area (Å²) in [5.41, 5.74) is 1.18. The van der Waals surface area contributed by atoms with Crippen molar-refractivity contribution in [3.8, 4) is 0 Å². The van der Waals surface area contributed by atoms with Gasteiger partial charge >= 0.3 is 6.18 Å². The molecule has 0 saturated carbocycles. The fraction of sp³-hybridized carbons (Fsp3) is 0.500. The van der Waals surface area contributed by atoms with Crippen molar-refractivity contribution in [1.82, 2.24) is 0 Å². The van der Waals surface area contributed by atoms with Gasteiger partial charge in [0.1, 0.15) is 0 Å². The molecule has 1 atom stereocenters. The third-order valence-corrected chi connectivity index (χ3v) is 2.36. The molecule has 0 spiro atoms. The molecule has 0 aromatic heterocycles. The van der Waals surface area contributed by atoms with Crippen molar-refractivity contribution in [3.05, 3.63) is 35.4 Å². The Morgan fingerprint density at radius 1 is 1.25 bits per heavy atom.